The summed E-state index contributed by atoms with van der Waals surface area (Å²) in [6.45, 7) is 4.12. The van der Waals surface area contributed by atoms with Crippen molar-refractivity contribution in [2.24, 2.45) is 4.99 Å². The van der Waals surface area contributed by atoms with Crippen molar-refractivity contribution in [3.05, 3.63) is 36.4 Å². The summed E-state index contributed by atoms with van der Waals surface area (Å²) in [6, 6.07) is 3.79. The number of nitrogens with zero attached hydrogens (tertiary/aromatic N) is 5. The number of aliphatic imine (C=N–C) groups is 1. The van der Waals surface area contributed by atoms with Gasteiger partial charge in [-0.2, -0.15) is 0 Å². The maximum Gasteiger partial charge on any atom is 0.159 e. The van der Waals surface area contributed by atoms with E-state index in [1.165, 1.54) is 0 Å². The van der Waals surface area contributed by atoms with E-state index in [0.717, 1.165) is 17.4 Å². The average Bonchev–Trinajstić information content (AvgIpc) is 3.30. The summed E-state index contributed by atoms with van der Waals surface area (Å²) in [6.07, 6.45) is 5.90. The van der Waals surface area contributed by atoms with Crippen molar-refractivity contribution in [3.8, 4) is 0 Å². The number of hydrogen-bond acceptors (Lipinski definition) is 7. The van der Waals surface area contributed by atoms with Crippen molar-refractivity contribution >= 4 is 16.9 Å². The molecule has 2 aliphatic heterocycles. The van der Waals surface area contributed by atoms with Gasteiger partial charge in [0.15, 0.2) is 5.17 Å². The highest BCUT2D eigenvalue weighted by molar-refractivity contribution is 8.14. The molecule has 0 unspecified atom stereocenters. The van der Waals surface area contributed by atoms with Crippen molar-refractivity contribution in [2.75, 3.05) is 6.54 Å². The number of amidine groups is 1. The zero-order chi connectivity index (χ0) is 17.2. The van der Waals surface area contributed by atoms with E-state index in [2.05, 4.69) is 25.2 Å². The number of aliphatic hydroxyl groups is 1. The zero-order valence-corrected chi connectivity index (χ0v) is 14.8. The number of aromatic nitrogens is 4. The van der Waals surface area contributed by atoms with Gasteiger partial charge in [-0.25, -0.2) is 4.68 Å². The second kappa shape index (κ2) is 7.19. The number of ether oxygens (including phenoxy) is 1. The molecule has 8 nitrogen and oxygen atoms in total. The molecule has 9 heteroatoms. The predicted molar refractivity (Wildman–Crippen MR) is 95.3 cm³/mol. The summed E-state index contributed by atoms with van der Waals surface area (Å²) in [5.41, 5.74) is 0.768. The molecule has 0 spiro atoms. The smallest absolute Gasteiger partial charge is 0.159 e. The lowest BCUT2D eigenvalue weighted by Gasteiger charge is -2.33. The van der Waals surface area contributed by atoms with E-state index in [1.54, 1.807) is 16.4 Å². The molecule has 134 valence electrons. The minimum Gasteiger partial charge on any atom is -0.391 e. The second-order valence-electron chi connectivity index (χ2n) is 6.29. The van der Waals surface area contributed by atoms with Gasteiger partial charge in [0, 0.05) is 25.4 Å². The third-order valence-electron chi connectivity index (χ3n) is 4.31. The molecule has 0 radical (unpaired) electrons. The van der Waals surface area contributed by atoms with Gasteiger partial charge in [0.05, 0.1) is 31.5 Å². The van der Waals surface area contributed by atoms with Crippen LogP contribution in [0.2, 0.25) is 0 Å². The maximum atomic E-state index is 10.4. The van der Waals surface area contributed by atoms with Crippen LogP contribution in [0.1, 0.15) is 19.0 Å². The van der Waals surface area contributed by atoms with Gasteiger partial charge in [-0.15, -0.1) is 5.10 Å². The van der Waals surface area contributed by atoms with E-state index in [0.29, 0.717) is 19.5 Å². The largest absolute Gasteiger partial charge is 0.391 e. The van der Waals surface area contributed by atoms with E-state index in [-0.39, 0.29) is 17.6 Å². The van der Waals surface area contributed by atoms with E-state index < -0.39 is 6.10 Å². The molecular weight excluding hydrogens is 340 g/mol. The van der Waals surface area contributed by atoms with E-state index >= 15 is 0 Å². The van der Waals surface area contributed by atoms with Gasteiger partial charge >= 0.3 is 0 Å². The minimum absolute atomic E-state index is 0.0962. The molecule has 1 saturated heterocycles. The summed E-state index contributed by atoms with van der Waals surface area (Å²) >= 11 is 1.55. The van der Waals surface area contributed by atoms with Crippen LogP contribution in [-0.2, 0) is 17.8 Å². The standard InChI is InChI=1S/C16H22N6O2S/c1-2-17-16-18-14-13(23)7-12(24-15(14)25-16)10-22-9-11(19-20-22)8-21-5-3-4-6-21/h3-6,9,12-15,23H,2,7-8,10H2,1H3,(H,17,18)/t12-,13-,14+,15+/m0/s1. The van der Waals surface area contributed by atoms with Crippen LogP contribution in [0.3, 0.4) is 0 Å². The van der Waals surface area contributed by atoms with Crippen LogP contribution in [0, 0.1) is 0 Å². The lowest BCUT2D eigenvalue weighted by molar-refractivity contribution is -0.0766. The lowest BCUT2D eigenvalue weighted by Crippen LogP contribution is -2.45. The number of rotatable bonds is 5. The zero-order valence-electron chi connectivity index (χ0n) is 14.0. The monoisotopic (exact) mass is 362 g/mol. The molecule has 0 saturated carbocycles. The molecule has 2 N–H and O–H groups in total. The minimum atomic E-state index is -0.490. The summed E-state index contributed by atoms with van der Waals surface area (Å²) in [5.74, 6) is 0. The fourth-order valence-corrected chi connectivity index (χ4v) is 4.39. The highest BCUT2D eigenvalue weighted by atomic mass is 32.2. The molecule has 0 aliphatic carbocycles. The Bertz CT molecular complexity index is 731. The Morgan fingerprint density at radius 1 is 1.40 bits per heavy atom. The SMILES string of the molecule is CCNC1=N[C@H]2[C@H](O[C@H](Cn3cc(Cn4cccc4)nn3)C[C@@H]2O)S1. The van der Waals surface area contributed by atoms with Crippen LogP contribution in [0.25, 0.3) is 0 Å². The van der Waals surface area contributed by atoms with Gasteiger partial charge in [0.1, 0.15) is 17.2 Å². The number of hydrogen-bond donors (Lipinski definition) is 2. The number of thioether (sulfide) groups is 1. The fraction of sp³-hybridized carbons (Fsp3) is 0.562. The summed E-state index contributed by atoms with van der Waals surface area (Å²) in [7, 11) is 0. The topological polar surface area (TPSA) is 89.5 Å². The molecule has 2 aromatic rings. The fourth-order valence-electron chi connectivity index (χ4n) is 3.16. The Kier molecular flexibility index (Phi) is 4.78. The Morgan fingerprint density at radius 2 is 2.24 bits per heavy atom. The Morgan fingerprint density at radius 3 is 3.04 bits per heavy atom. The van der Waals surface area contributed by atoms with E-state index in [1.807, 2.05) is 37.6 Å². The number of fused-ring (bicyclic) bond motifs is 1. The van der Waals surface area contributed by atoms with Crippen LogP contribution in [0.15, 0.2) is 35.7 Å². The highest BCUT2D eigenvalue weighted by Gasteiger charge is 2.42. The maximum absolute atomic E-state index is 10.4. The van der Waals surface area contributed by atoms with Crippen molar-refractivity contribution < 1.29 is 9.84 Å². The average molecular weight is 362 g/mol. The van der Waals surface area contributed by atoms with Crippen LogP contribution < -0.4 is 5.32 Å². The molecule has 0 amide bonds. The number of nitrogens with one attached hydrogen (secondary N) is 1. The van der Waals surface area contributed by atoms with Crippen molar-refractivity contribution in [2.45, 2.75) is 50.1 Å². The van der Waals surface area contributed by atoms with Gasteiger partial charge in [0.2, 0.25) is 0 Å². The molecule has 4 rings (SSSR count). The van der Waals surface area contributed by atoms with Crippen molar-refractivity contribution in [1.29, 1.82) is 0 Å². The summed E-state index contributed by atoms with van der Waals surface area (Å²) in [4.78, 5) is 4.52. The van der Waals surface area contributed by atoms with Crippen LogP contribution in [0.4, 0.5) is 0 Å². The molecule has 25 heavy (non-hydrogen) atoms. The normalized spacial score (nSPS) is 28.6. The van der Waals surface area contributed by atoms with E-state index in [4.69, 9.17) is 4.74 Å². The van der Waals surface area contributed by atoms with Gasteiger partial charge in [0.25, 0.3) is 0 Å². The summed E-state index contributed by atoms with van der Waals surface area (Å²) < 4.78 is 9.98. The molecule has 2 aromatic heterocycles. The summed E-state index contributed by atoms with van der Waals surface area (Å²) in [5, 5.41) is 22.9. The molecule has 0 aromatic carbocycles. The van der Waals surface area contributed by atoms with Gasteiger partial charge in [-0.1, -0.05) is 17.0 Å². The third-order valence-corrected chi connectivity index (χ3v) is 5.41. The Balaban J connectivity index is 1.35. The third kappa shape index (κ3) is 3.73. The van der Waals surface area contributed by atoms with Gasteiger partial charge in [-0.05, 0) is 19.1 Å². The first-order valence-electron chi connectivity index (χ1n) is 8.53. The van der Waals surface area contributed by atoms with Gasteiger partial charge in [-0.3, -0.25) is 4.99 Å². The Labute approximate surface area is 150 Å². The molecular formula is C16H22N6O2S. The quantitative estimate of drug-likeness (QED) is 0.813. The molecule has 4 heterocycles. The first-order chi connectivity index (χ1) is 12.2. The Hall–Kier alpha value is -1.84. The molecule has 1 fully saturated rings. The molecule has 4 atom stereocenters. The van der Waals surface area contributed by atoms with Gasteiger partial charge < -0.3 is 19.7 Å². The van der Waals surface area contributed by atoms with Crippen molar-refractivity contribution in [1.82, 2.24) is 24.9 Å². The predicted octanol–water partition coefficient (Wildman–Crippen LogP) is 0.685. The van der Waals surface area contributed by atoms with E-state index in [9.17, 15) is 5.11 Å². The van der Waals surface area contributed by atoms with Crippen LogP contribution in [0.5, 0.6) is 0 Å². The first-order valence-corrected chi connectivity index (χ1v) is 9.41. The van der Waals surface area contributed by atoms with Crippen LogP contribution in [-0.4, -0.2) is 60.1 Å². The highest BCUT2D eigenvalue weighted by Crippen LogP contribution is 2.35. The second-order valence-corrected chi connectivity index (χ2v) is 7.38. The molecule has 2 aliphatic rings. The number of aliphatic hydroxyl groups excluding tert-OH is 1. The lowest BCUT2D eigenvalue weighted by atomic mass is 10.0. The first kappa shape index (κ1) is 16.6. The van der Waals surface area contributed by atoms with Crippen molar-refractivity contribution in [3.63, 3.8) is 0 Å². The van der Waals surface area contributed by atoms with Crippen LogP contribution >= 0.6 is 11.8 Å². The molecule has 0 bridgehead atoms.